The van der Waals surface area contributed by atoms with Gasteiger partial charge in [0.1, 0.15) is 16.4 Å². The topological polar surface area (TPSA) is 71.8 Å². The molecule has 0 spiro atoms. The SMILES string of the molecule is Cc1sc2nc(C[NH+]3CCCC3)nc(Sc3n[nH]c(-c4cccs4)n3)c2c1C. The van der Waals surface area contributed by atoms with Crippen LogP contribution in [0.25, 0.3) is 20.9 Å². The van der Waals surface area contributed by atoms with E-state index in [2.05, 4.69) is 29.0 Å². The molecule has 0 unspecified atom stereocenters. The normalized spacial score (nSPS) is 15.1. The Kier molecular flexibility index (Phi) is 4.92. The van der Waals surface area contributed by atoms with Gasteiger partial charge in [0.2, 0.25) is 5.16 Å². The Balaban J connectivity index is 1.51. The molecule has 0 radical (unpaired) electrons. The lowest BCUT2D eigenvalue weighted by Gasteiger charge is -2.11. The lowest BCUT2D eigenvalue weighted by atomic mass is 10.2. The molecule has 6 nitrogen and oxygen atoms in total. The summed E-state index contributed by atoms with van der Waals surface area (Å²) >= 11 is 4.94. The molecular weight excluding hydrogens is 408 g/mol. The maximum absolute atomic E-state index is 4.95. The molecule has 28 heavy (non-hydrogen) atoms. The van der Waals surface area contributed by atoms with Gasteiger partial charge in [-0.15, -0.1) is 27.8 Å². The molecule has 5 rings (SSSR count). The number of aryl methyl sites for hydroxylation is 2. The fourth-order valence-corrected chi connectivity index (χ4v) is 6.27. The van der Waals surface area contributed by atoms with Gasteiger partial charge in [0.15, 0.2) is 11.6 Å². The van der Waals surface area contributed by atoms with E-state index in [9.17, 15) is 0 Å². The van der Waals surface area contributed by atoms with Crippen LogP contribution in [0.15, 0.2) is 27.7 Å². The molecule has 1 saturated heterocycles. The van der Waals surface area contributed by atoms with Crippen molar-refractivity contribution in [2.45, 2.75) is 43.4 Å². The smallest absolute Gasteiger partial charge is 0.215 e. The highest BCUT2D eigenvalue weighted by Gasteiger charge is 2.21. The molecule has 1 fully saturated rings. The van der Waals surface area contributed by atoms with Gasteiger partial charge < -0.3 is 4.90 Å². The van der Waals surface area contributed by atoms with Crippen molar-refractivity contribution in [3.05, 3.63) is 33.8 Å². The summed E-state index contributed by atoms with van der Waals surface area (Å²) in [5.41, 5.74) is 1.26. The van der Waals surface area contributed by atoms with Crippen LogP contribution in [0.3, 0.4) is 0 Å². The summed E-state index contributed by atoms with van der Waals surface area (Å²) < 4.78 is 0. The number of hydrogen-bond donors (Lipinski definition) is 2. The molecule has 0 saturated carbocycles. The van der Waals surface area contributed by atoms with Gasteiger partial charge in [-0.05, 0) is 42.6 Å². The van der Waals surface area contributed by atoms with Crippen LogP contribution in [0.2, 0.25) is 0 Å². The number of likely N-dealkylation sites (tertiary alicyclic amines) is 1. The molecular formula is C19H21N6S3+. The number of quaternary nitrogens is 1. The van der Waals surface area contributed by atoms with Gasteiger partial charge in [0.05, 0.1) is 18.0 Å². The minimum atomic E-state index is 0.700. The molecule has 0 bridgehead atoms. The van der Waals surface area contributed by atoms with E-state index in [1.807, 2.05) is 17.5 Å². The van der Waals surface area contributed by atoms with E-state index < -0.39 is 0 Å². The Hall–Kier alpha value is -1.81. The average Bonchev–Trinajstić information content (AvgIpc) is 3.45. The van der Waals surface area contributed by atoms with Crippen LogP contribution in [0, 0.1) is 13.8 Å². The lowest BCUT2D eigenvalue weighted by Crippen LogP contribution is -3.08. The number of nitrogens with one attached hydrogen (secondary N) is 2. The van der Waals surface area contributed by atoms with E-state index in [1.165, 1.54) is 48.1 Å². The van der Waals surface area contributed by atoms with Crippen molar-refractivity contribution in [3.63, 3.8) is 0 Å². The molecule has 144 valence electrons. The molecule has 1 aliphatic rings. The third-order valence-electron chi connectivity index (χ3n) is 5.17. The van der Waals surface area contributed by atoms with Gasteiger partial charge in [0, 0.05) is 23.1 Å². The predicted molar refractivity (Wildman–Crippen MR) is 114 cm³/mol. The van der Waals surface area contributed by atoms with Crippen molar-refractivity contribution in [2.75, 3.05) is 13.1 Å². The summed E-state index contributed by atoms with van der Waals surface area (Å²) in [5.74, 6) is 1.74. The maximum Gasteiger partial charge on any atom is 0.215 e. The number of aromatic nitrogens is 5. The molecule has 9 heteroatoms. The fourth-order valence-electron chi connectivity index (χ4n) is 3.59. The first kappa shape index (κ1) is 18.2. The van der Waals surface area contributed by atoms with Crippen LogP contribution in [0.4, 0.5) is 0 Å². The van der Waals surface area contributed by atoms with Crippen molar-refractivity contribution < 1.29 is 4.90 Å². The maximum atomic E-state index is 4.95. The van der Waals surface area contributed by atoms with Gasteiger partial charge >= 0.3 is 0 Å². The Bertz CT molecular complexity index is 1110. The Morgan fingerprint density at radius 3 is 2.82 bits per heavy atom. The summed E-state index contributed by atoms with van der Waals surface area (Å²) in [5, 5.41) is 12.3. The van der Waals surface area contributed by atoms with Gasteiger partial charge in [0.25, 0.3) is 0 Å². The summed E-state index contributed by atoms with van der Waals surface area (Å²) in [7, 11) is 0. The second-order valence-corrected chi connectivity index (χ2v) is 10.2. The van der Waals surface area contributed by atoms with Crippen molar-refractivity contribution >= 4 is 44.7 Å². The molecule has 1 aliphatic heterocycles. The molecule has 0 aromatic carbocycles. The van der Waals surface area contributed by atoms with Crippen LogP contribution in [0.5, 0.6) is 0 Å². The van der Waals surface area contributed by atoms with Crippen LogP contribution in [0.1, 0.15) is 29.1 Å². The molecule has 0 atom stereocenters. The molecule has 0 amide bonds. The standard InChI is InChI=1S/C19H20N6S3/c1-11-12(2)27-17-15(11)18(21-14(20-17)10-25-7-3-4-8-25)28-19-22-16(23-24-19)13-6-5-9-26-13/h5-6,9H,3-4,7-8,10H2,1-2H3,(H,22,23,24)/p+1. The number of nitrogens with zero attached hydrogens (tertiary/aromatic N) is 4. The summed E-state index contributed by atoms with van der Waals surface area (Å²) in [6, 6.07) is 4.07. The average molecular weight is 430 g/mol. The Labute approximate surface area is 175 Å². The molecule has 5 heterocycles. The summed E-state index contributed by atoms with van der Waals surface area (Å²) in [4.78, 5) is 19.6. The van der Waals surface area contributed by atoms with Crippen LogP contribution >= 0.6 is 34.4 Å². The minimum absolute atomic E-state index is 0.700. The molecule has 0 aliphatic carbocycles. The van der Waals surface area contributed by atoms with Gasteiger partial charge in [-0.25, -0.2) is 15.0 Å². The zero-order chi connectivity index (χ0) is 19.1. The van der Waals surface area contributed by atoms with Crippen molar-refractivity contribution in [3.8, 4) is 10.7 Å². The van der Waals surface area contributed by atoms with Crippen LogP contribution in [-0.2, 0) is 6.54 Å². The molecule has 4 aromatic heterocycles. The third-order valence-corrected chi connectivity index (χ3v) is 8.00. The van der Waals surface area contributed by atoms with Crippen LogP contribution < -0.4 is 4.90 Å². The number of hydrogen-bond acceptors (Lipinski definition) is 7. The van der Waals surface area contributed by atoms with E-state index >= 15 is 0 Å². The predicted octanol–water partition coefficient (Wildman–Crippen LogP) is 3.48. The fraction of sp³-hybridized carbons (Fsp3) is 0.368. The van der Waals surface area contributed by atoms with E-state index in [4.69, 9.17) is 9.97 Å². The zero-order valence-corrected chi connectivity index (χ0v) is 18.2. The number of fused-ring (bicyclic) bond motifs is 1. The van der Waals surface area contributed by atoms with Crippen molar-refractivity contribution in [1.29, 1.82) is 0 Å². The Morgan fingerprint density at radius 1 is 1.18 bits per heavy atom. The van der Waals surface area contributed by atoms with Gasteiger partial charge in [-0.1, -0.05) is 6.07 Å². The number of thiophene rings is 2. The monoisotopic (exact) mass is 429 g/mol. The number of aromatic amines is 1. The molecule has 4 aromatic rings. The summed E-state index contributed by atoms with van der Waals surface area (Å²) in [6.45, 7) is 7.65. The first-order chi connectivity index (χ1) is 13.7. The van der Waals surface area contributed by atoms with Gasteiger partial charge in [-0.3, -0.25) is 5.10 Å². The largest absolute Gasteiger partial charge is 0.329 e. The molecule has 2 N–H and O–H groups in total. The quantitative estimate of drug-likeness (QED) is 0.475. The highest BCUT2D eigenvalue weighted by Crippen LogP contribution is 2.37. The van der Waals surface area contributed by atoms with Crippen molar-refractivity contribution in [2.24, 2.45) is 0 Å². The van der Waals surface area contributed by atoms with Crippen molar-refractivity contribution in [1.82, 2.24) is 25.1 Å². The number of rotatable bonds is 5. The van der Waals surface area contributed by atoms with Gasteiger partial charge in [-0.2, -0.15) is 0 Å². The lowest BCUT2D eigenvalue weighted by molar-refractivity contribution is -0.902. The van der Waals surface area contributed by atoms with E-state index in [0.717, 1.165) is 38.3 Å². The summed E-state index contributed by atoms with van der Waals surface area (Å²) in [6.07, 6.45) is 2.61. The van der Waals surface area contributed by atoms with E-state index in [0.29, 0.717) is 5.16 Å². The second kappa shape index (κ2) is 7.55. The first-order valence-electron chi connectivity index (χ1n) is 9.41. The minimum Gasteiger partial charge on any atom is -0.329 e. The highest BCUT2D eigenvalue weighted by atomic mass is 32.2. The van der Waals surface area contributed by atoms with E-state index in [1.54, 1.807) is 27.6 Å². The first-order valence-corrected chi connectivity index (χ1v) is 11.9. The Morgan fingerprint density at radius 2 is 2.04 bits per heavy atom. The second-order valence-electron chi connectivity index (χ2n) is 7.09. The van der Waals surface area contributed by atoms with Crippen LogP contribution in [-0.4, -0.2) is 38.2 Å². The zero-order valence-electron chi connectivity index (χ0n) is 15.8. The highest BCUT2D eigenvalue weighted by molar-refractivity contribution is 7.99. The third kappa shape index (κ3) is 3.47. The van der Waals surface area contributed by atoms with E-state index in [-0.39, 0.29) is 0 Å². The number of H-pyrrole nitrogens is 1.